The van der Waals surface area contributed by atoms with Gasteiger partial charge in [0.15, 0.2) is 0 Å². The summed E-state index contributed by atoms with van der Waals surface area (Å²) in [6, 6.07) is 3.44. The Morgan fingerprint density at radius 2 is 2.12 bits per heavy atom. The van der Waals surface area contributed by atoms with Crippen LogP contribution in [0.5, 0.6) is 0 Å². The van der Waals surface area contributed by atoms with Gasteiger partial charge in [0.2, 0.25) is 0 Å². The second kappa shape index (κ2) is 5.16. The summed E-state index contributed by atoms with van der Waals surface area (Å²) in [6.45, 7) is 1.22. The van der Waals surface area contributed by atoms with Gasteiger partial charge in [0.1, 0.15) is 4.88 Å². The molecule has 0 aromatic carbocycles. The van der Waals surface area contributed by atoms with E-state index in [2.05, 4.69) is 5.32 Å². The van der Waals surface area contributed by atoms with E-state index in [4.69, 9.17) is 5.11 Å². The molecule has 3 N–H and O–H groups in total. The maximum absolute atomic E-state index is 10.7. The van der Waals surface area contributed by atoms with Crippen molar-refractivity contribution in [2.75, 3.05) is 6.54 Å². The maximum atomic E-state index is 10.7. The van der Waals surface area contributed by atoms with Gasteiger partial charge in [-0.25, -0.2) is 4.79 Å². The first-order chi connectivity index (χ1) is 8.09. The fourth-order valence-electron chi connectivity index (χ4n) is 2.22. The number of rotatable bonds is 5. The maximum Gasteiger partial charge on any atom is 0.345 e. The molecule has 1 aromatic heterocycles. The van der Waals surface area contributed by atoms with Crippen LogP contribution in [0.15, 0.2) is 12.1 Å². The average Bonchev–Trinajstić information content (AvgIpc) is 2.88. The fourth-order valence-corrected chi connectivity index (χ4v) is 3.03. The molecule has 0 radical (unpaired) electrons. The molecule has 0 bridgehead atoms. The first-order valence-corrected chi connectivity index (χ1v) is 6.66. The third-order valence-electron chi connectivity index (χ3n) is 3.16. The number of aromatic carboxylic acids is 1. The lowest BCUT2D eigenvalue weighted by atomic mass is 10.0. The number of carboxylic acids is 1. The highest BCUT2D eigenvalue weighted by Gasteiger charge is 2.30. The van der Waals surface area contributed by atoms with Crippen molar-refractivity contribution >= 4 is 17.3 Å². The zero-order valence-electron chi connectivity index (χ0n) is 9.61. The van der Waals surface area contributed by atoms with Gasteiger partial charge in [0, 0.05) is 18.0 Å². The summed E-state index contributed by atoms with van der Waals surface area (Å²) in [5, 5.41) is 22.1. The number of carbonyl (C=O) groups is 1. The first-order valence-electron chi connectivity index (χ1n) is 5.84. The molecular formula is C12H17NO3S. The Morgan fingerprint density at radius 1 is 1.41 bits per heavy atom. The predicted octanol–water partition coefficient (Wildman–Crippen LogP) is 1.84. The number of hydrogen-bond acceptors (Lipinski definition) is 4. The van der Waals surface area contributed by atoms with Crippen LogP contribution in [0.1, 0.15) is 40.2 Å². The largest absolute Gasteiger partial charge is 0.477 e. The van der Waals surface area contributed by atoms with E-state index in [1.807, 2.05) is 6.07 Å². The van der Waals surface area contributed by atoms with Crippen LogP contribution in [-0.4, -0.2) is 28.3 Å². The lowest BCUT2D eigenvalue weighted by molar-refractivity contribution is 0.0475. The number of aliphatic hydroxyl groups is 1. The molecule has 1 aliphatic carbocycles. The molecular weight excluding hydrogens is 238 g/mol. The van der Waals surface area contributed by atoms with Crippen LogP contribution in [0.25, 0.3) is 0 Å². The van der Waals surface area contributed by atoms with Gasteiger partial charge in [0.05, 0.1) is 5.60 Å². The van der Waals surface area contributed by atoms with Crippen molar-refractivity contribution in [2.45, 2.75) is 37.8 Å². The van der Waals surface area contributed by atoms with E-state index in [1.165, 1.54) is 11.3 Å². The summed E-state index contributed by atoms with van der Waals surface area (Å²) in [5.74, 6) is -0.879. The monoisotopic (exact) mass is 255 g/mol. The van der Waals surface area contributed by atoms with Crippen molar-refractivity contribution in [1.82, 2.24) is 5.32 Å². The Bertz CT molecular complexity index is 396. The van der Waals surface area contributed by atoms with Gasteiger partial charge in [0.25, 0.3) is 0 Å². The van der Waals surface area contributed by atoms with Crippen LogP contribution < -0.4 is 5.32 Å². The van der Waals surface area contributed by atoms with Crippen molar-refractivity contribution in [3.05, 3.63) is 21.9 Å². The molecule has 0 atom stereocenters. The lowest BCUT2D eigenvalue weighted by Crippen LogP contribution is -2.37. The fraction of sp³-hybridized carbons (Fsp3) is 0.583. The van der Waals surface area contributed by atoms with Crippen LogP contribution in [0, 0.1) is 0 Å². The molecule has 1 fully saturated rings. The van der Waals surface area contributed by atoms with Gasteiger partial charge in [-0.05, 0) is 25.0 Å². The highest BCUT2D eigenvalue weighted by atomic mass is 32.1. The van der Waals surface area contributed by atoms with Gasteiger partial charge in [-0.2, -0.15) is 0 Å². The normalized spacial score (nSPS) is 18.4. The first kappa shape index (κ1) is 12.5. The van der Waals surface area contributed by atoms with E-state index < -0.39 is 11.6 Å². The Morgan fingerprint density at radius 3 is 2.71 bits per heavy atom. The van der Waals surface area contributed by atoms with Crippen molar-refractivity contribution in [2.24, 2.45) is 0 Å². The molecule has 0 spiro atoms. The smallest absolute Gasteiger partial charge is 0.345 e. The summed E-state index contributed by atoms with van der Waals surface area (Å²) in [5.41, 5.74) is -0.549. The second-order valence-electron chi connectivity index (χ2n) is 4.61. The highest BCUT2D eigenvalue weighted by Crippen LogP contribution is 2.28. The minimum atomic E-state index is -0.879. The van der Waals surface area contributed by atoms with E-state index in [0.29, 0.717) is 18.0 Å². The summed E-state index contributed by atoms with van der Waals surface area (Å²) in [4.78, 5) is 12.1. The van der Waals surface area contributed by atoms with E-state index in [9.17, 15) is 9.90 Å². The van der Waals surface area contributed by atoms with Crippen LogP contribution in [0.4, 0.5) is 0 Å². The van der Waals surface area contributed by atoms with Gasteiger partial charge in [-0.1, -0.05) is 12.8 Å². The molecule has 0 amide bonds. The van der Waals surface area contributed by atoms with Crippen LogP contribution in [0.3, 0.4) is 0 Å². The van der Waals surface area contributed by atoms with E-state index in [0.717, 1.165) is 30.6 Å². The van der Waals surface area contributed by atoms with Gasteiger partial charge in [-0.3, -0.25) is 0 Å². The molecule has 0 unspecified atom stereocenters. The van der Waals surface area contributed by atoms with Gasteiger partial charge < -0.3 is 15.5 Å². The molecule has 0 saturated heterocycles. The molecule has 1 saturated carbocycles. The SMILES string of the molecule is O=C(O)c1ccc(CNCC2(O)CCCC2)s1. The van der Waals surface area contributed by atoms with Crippen molar-refractivity contribution < 1.29 is 15.0 Å². The highest BCUT2D eigenvalue weighted by molar-refractivity contribution is 7.13. The number of nitrogens with one attached hydrogen (secondary N) is 1. The Kier molecular flexibility index (Phi) is 3.81. The number of carboxylic acid groups (broad SMARTS) is 1. The van der Waals surface area contributed by atoms with Crippen molar-refractivity contribution in [1.29, 1.82) is 0 Å². The molecule has 4 nitrogen and oxygen atoms in total. The van der Waals surface area contributed by atoms with E-state index in [-0.39, 0.29) is 0 Å². The summed E-state index contributed by atoms with van der Waals surface area (Å²) >= 11 is 1.28. The molecule has 17 heavy (non-hydrogen) atoms. The molecule has 2 rings (SSSR count). The zero-order valence-corrected chi connectivity index (χ0v) is 10.4. The van der Waals surface area contributed by atoms with Gasteiger partial charge >= 0.3 is 5.97 Å². The zero-order chi connectivity index (χ0) is 12.3. The van der Waals surface area contributed by atoms with Gasteiger partial charge in [-0.15, -0.1) is 11.3 Å². The average molecular weight is 255 g/mol. The molecule has 0 aliphatic heterocycles. The Hall–Kier alpha value is -0.910. The molecule has 5 heteroatoms. The Balaban J connectivity index is 1.79. The summed E-state index contributed by atoms with van der Waals surface area (Å²) < 4.78 is 0. The minimum absolute atomic E-state index is 0.362. The van der Waals surface area contributed by atoms with Crippen molar-refractivity contribution in [3.8, 4) is 0 Å². The predicted molar refractivity (Wildman–Crippen MR) is 66.4 cm³/mol. The standard InChI is InChI=1S/C12H17NO3S/c14-11(15)10-4-3-9(17-10)7-13-8-12(16)5-1-2-6-12/h3-4,13,16H,1-2,5-8H2,(H,14,15). The van der Waals surface area contributed by atoms with Crippen LogP contribution >= 0.6 is 11.3 Å². The third-order valence-corrected chi connectivity index (χ3v) is 4.23. The molecule has 1 heterocycles. The second-order valence-corrected chi connectivity index (χ2v) is 5.77. The molecule has 94 valence electrons. The van der Waals surface area contributed by atoms with E-state index >= 15 is 0 Å². The molecule has 1 aliphatic rings. The summed E-state index contributed by atoms with van der Waals surface area (Å²) in [6.07, 6.45) is 3.93. The topological polar surface area (TPSA) is 69.6 Å². The summed E-state index contributed by atoms with van der Waals surface area (Å²) in [7, 11) is 0. The number of hydrogen-bond donors (Lipinski definition) is 3. The quantitative estimate of drug-likeness (QED) is 0.751. The third kappa shape index (κ3) is 3.28. The van der Waals surface area contributed by atoms with E-state index in [1.54, 1.807) is 6.07 Å². The lowest BCUT2D eigenvalue weighted by Gasteiger charge is -2.22. The van der Waals surface area contributed by atoms with Crippen LogP contribution in [0.2, 0.25) is 0 Å². The minimum Gasteiger partial charge on any atom is -0.477 e. The van der Waals surface area contributed by atoms with Crippen LogP contribution in [-0.2, 0) is 6.54 Å². The molecule has 1 aromatic rings. The Labute approximate surface area is 104 Å². The van der Waals surface area contributed by atoms with Crippen molar-refractivity contribution in [3.63, 3.8) is 0 Å². The number of thiophene rings is 1.